The van der Waals surface area contributed by atoms with Gasteiger partial charge in [0.15, 0.2) is 5.16 Å². The molecule has 2 rings (SSSR count). The van der Waals surface area contributed by atoms with Crippen molar-refractivity contribution < 1.29 is 4.74 Å². The van der Waals surface area contributed by atoms with Crippen LogP contribution in [-0.4, -0.2) is 17.1 Å². The van der Waals surface area contributed by atoms with E-state index < -0.39 is 0 Å². The Hall–Kier alpha value is -1.59. The van der Waals surface area contributed by atoms with Crippen molar-refractivity contribution >= 4 is 11.8 Å². The van der Waals surface area contributed by atoms with Gasteiger partial charge < -0.3 is 9.72 Å². The van der Waals surface area contributed by atoms with E-state index in [1.165, 1.54) is 29.0 Å². The van der Waals surface area contributed by atoms with Crippen LogP contribution >= 0.6 is 11.8 Å². The van der Waals surface area contributed by atoms with Crippen molar-refractivity contribution in [2.75, 3.05) is 7.11 Å². The highest BCUT2D eigenvalue weighted by Gasteiger charge is 2.02. The van der Waals surface area contributed by atoms with Gasteiger partial charge in [-0.1, -0.05) is 41.6 Å². The van der Waals surface area contributed by atoms with Crippen molar-refractivity contribution in [2.45, 2.75) is 24.4 Å². The average Bonchev–Trinajstić information content (AvgIpc) is 2.38. The van der Waals surface area contributed by atoms with Gasteiger partial charge in [0.05, 0.1) is 12.3 Å². The van der Waals surface area contributed by atoms with E-state index in [9.17, 15) is 4.79 Å². The number of hydrogen-bond donors (Lipinski definition) is 1. The second-order valence-electron chi connectivity index (χ2n) is 4.25. The van der Waals surface area contributed by atoms with Crippen LogP contribution in [0.15, 0.2) is 40.3 Å². The minimum Gasteiger partial charge on any atom is -0.378 e. The smallest absolute Gasteiger partial charge is 0.251 e. The standard InChI is InChI=1S/C14H16N2O2S/c1-10-3-5-11(6-4-10)9-19-14-15-12(8-18-2)7-13(17)16-14/h3-7H,8-9H2,1-2H3,(H,15,16,17). The highest BCUT2D eigenvalue weighted by atomic mass is 32.2. The molecule has 0 bridgehead atoms. The Labute approximate surface area is 116 Å². The molecule has 5 heteroatoms. The molecule has 0 aliphatic rings. The van der Waals surface area contributed by atoms with Gasteiger partial charge in [-0.15, -0.1) is 0 Å². The molecular formula is C14H16N2O2S. The topological polar surface area (TPSA) is 55.0 Å². The van der Waals surface area contributed by atoms with E-state index in [-0.39, 0.29) is 5.56 Å². The van der Waals surface area contributed by atoms with Crippen LogP contribution in [0.5, 0.6) is 0 Å². The van der Waals surface area contributed by atoms with Crippen LogP contribution in [0.3, 0.4) is 0 Å². The summed E-state index contributed by atoms with van der Waals surface area (Å²) in [5.74, 6) is 0.777. The van der Waals surface area contributed by atoms with E-state index in [4.69, 9.17) is 4.74 Å². The molecule has 0 atom stereocenters. The summed E-state index contributed by atoms with van der Waals surface area (Å²) in [5.41, 5.74) is 2.95. The molecule has 0 radical (unpaired) electrons. The fraction of sp³-hybridized carbons (Fsp3) is 0.286. The summed E-state index contributed by atoms with van der Waals surface area (Å²) < 4.78 is 4.99. The highest BCUT2D eigenvalue weighted by molar-refractivity contribution is 7.98. The number of ether oxygens (including phenoxy) is 1. The SMILES string of the molecule is COCc1cc(=O)[nH]c(SCc2ccc(C)cc2)n1. The summed E-state index contributed by atoms with van der Waals surface area (Å²) in [6.45, 7) is 2.41. The zero-order valence-corrected chi connectivity index (χ0v) is 11.8. The number of nitrogens with zero attached hydrogens (tertiary/aromatic N) is 1. The number of benzene rings is 1. The van der Waals surface area contributed by atoms with E-state index >= 15 is 0 Å². The minimum absolute atomic E-state index is 0.145. The number of aromatic amines is 1. The molecule has 0 aliphatic carbocycles. The molecule has 1 aromatic heterocycles. The number of rotatable bonds is 5. The second-order valence-corrected chi connectivity index (χ2v) is 5.21. The van der Waals surface area contributed by atoms with Crippen molar-refractivity contribution in [3.8, 4) is 0 Å². The molecular weight excluding hydrogens is 260 g/mol. The zero-order chi connectivity index (χ0) is 13.7. The third-order valence-corrected chi connectivity index (χ3v) is 3.51. The number of aryl methyl sites for hydroxylation is 1. The summed E-state index contributed by atoms with van der Waals surface area (Å²) in [7, 11) is 1.59. The first-order chi connectivity index (χ1) is 9.17. The summed E-state index contributed by atoms with van der Waals surface area (Å²) in [6.07, 6.45) is 0. The van der Waals surface area contributed by atoms with Crippen LogP contribution in [0.1, 0.15) is 16.8 Å². The largest absolute Gasteiger partial charge is 0.378 e. The number of nitrogens with one attached hydrogen (secondary N) is 1. The predicted octanol–water partition coefficient (Wildman–Crippen LogP) is 2.52. The fourth-order valence-corrected chi connectivity index (χ4v) is 2.46. The molecule has 0 saturated carbocycles. The minimum atomic E-state index is -0.145. The van der Waals surface area contributed by atoms with Gasteiger partial charge in [0.2, 0.25) is 0 Å². The molecule has 0 amide bonds. The van der Waals surface area contributed by atoms with Gasteiger partial charge >= 0.3 is 0 Å². The van der Waals surface area contributed by atoms with Crippen LogP contribution in [0.4, 0.5) is 0 Å². The predicted molar refractivity (Wildman–Crippen MR) is 76.3 cm³/mol. The molecule has 2 aromatic rings. The van der Waals surface area contributed by atoms with Crippen LogP contribution in [0.25, 0.3) is 0 Å². The second kappa shape index (κ2) is 6.54. The van der Waals surface area contributed by atoms with Crippen molar-refractivity contribution in [2.24, 2.45) is 0 Å². The van der Waals surface area contributed by atoms with E-state index in [0.717, 1.165) is 5.75 Å². The van der Waals surface area contributed by atoms with Crippen LogP contribution < -0.4 is 5.56 Å². The Morgan fingerprint density at radius 3 is 2.74 bits per heavy atom. The Balaban J connectivity index is 2.06. The average molecular weight is 276 g/mol. The van der Waals surface area contributed by atoms with Gasteiger partial charge in [-0.2, -0.15) is 0 Å². The number of methoxy groups -OCH3 is 1. The van der Waals surface area contributed by atoms with Gasteiger partial charge in [-0.05, 0) is 12.5 Å². The molecule has 0 aliphatic heterocycles. The number of aromatic nitrogens is 2. The molecule has 4 nitrogen and oxygen atoms in total. The first-order valence-electron chi connectivity index (χ1n) is 5.95. The molecule has 1 heterocycles. The van der Waals surface area contributed by atoms with Crippen molar-refractivity contribution in [1.82, 2.24) is 9.97 Å². The summed E-state index contributed by atoms with van der Waals surface area (Å²) in [6, 6.07) is 9.78. The summed E-state index contributed by atoms with van der Waals surface area (Å²) in [5, 5.41) is 0.625. The Morgan fingerprint density at radius 1 is 1.32 bits per heavy atom. The number of hydrogen-bond acceptors (Lipinski definition) is 4. The van der Waals surface area contributed by atoms with E-state index in [2.05, 4.69) is 41.2 Å². The Morgan fingerprint density at radius 2 is 2.05 bits per heavy atom. The third kappa shape index (κ3) is 4.22. The van der Waals surface area contributed by atoms with Gasteiger partial charge in [-0.3, -0.25) is 4.79 Å². The number of thioether (sulfide) groups is 1. The lowest BCUT2D eigenvalue weighted by Gasteiger charge is -2.04. The normalized spacial score (nSPS) is 10.6. The first-order valence-corrected chi connectivity index (χ1v) is 6.93. The molecule has 1 N–H and O–H groups in total. The molecule has 19 heavy (non-hydrogen) atoms. The van der Waals surface area contributed by atoms with Crippen LogP contribution in [0.2, 0.25) is 0 Å². The van der Waals surface area contributed by atoms with Crippen molar-refractivity contribution in [3.05, 3.63) is 57.5 Å². The fourth-order valence-electron chi connectivity index (χ4n) is 1.61. The lowest BCUT2D eigenvalue weighted by atomic mass is 10.2. The van der Waals surface area contributed by atoms with Crippen molar-refractivity contribution in [3.63, 3.8) is 0 Å². The summed E-state index contributed by atoms with van der Waals surface area (Å²) in [4.78, 5) is 18.5. The Bertz CT molecular complexity index is 593. The van der Waals surface area contributed by atoms with Crippen LogP contribution in [0, 0.1) is 6.92 Å². The van der Waals surface area contributed by atoms with Gasteiger partial charge in [0.1, 0.15) is 0 Å². The molecule has 0 fully saturated rings. The molecule has 0 saturated heterocycles. The third-order valence-electron chi connectivity index (χ3n) is 2.56. The van der Waals surface area contributed by atoms with E-state index in [1.54, 1.807) is 7.11 Å². The van der Waals surface area contributed by atoms with Gasteiger partial charge in [0, 0.05) is 18.9 Å². The number of H-pyrrole nitrogens is 1. The highest BCUT2D eigenvalue weighted by Crippen LogP contribution is 2.18. The summed E-state index contributed by atoms with van der Waals surface area (Å²) >= 11 is 1.51. The van der Waals surface area contributed by atoms with Crippen molar-refractivity contribution in [1.29, 1.82) is 0 Å². The quantitative estimate of drug-likeness (QED) is 0.673. The molecule has 1 aromatic carbocycles. The van der Waals surface area contributed by atoms with E-state index in [0.29, 0.717) is 17.5 Å². The van der Waals surface area contributed by atoms with E-state index in [1.807, 2.05) is 0 Å². The zero-order valence-electron chi connectivity index (χ0n) is 11.0. The Kier molecular flexibility index (Phi) is 4.76. The lowest BCUT2D eigenvalue weighted by molar-refractivity contribution is 0.180. The maximum atomic E-state index is 11.5. The molecule has 0 unspecified atom stereocenters. The van der Waals surface area contributed by atoms with Crippen LogP contribution in [-0.2, 0) is 17.1 Å². The maximum Gasteiger partial charge on any atom is 0.251 e. The van der Waals surface area contributed by atoms with Gasteiger partial charge in [-0.25, -0.2) is 4.98 Å². The van der Waals surface area contributed by atoms with Gasteiger partial charge in [0.25, 0.3) is 5.56 Å². The maximum absolute atomic E-state index is 11.5. The first kappa shape index (κ1) is 13.8. The molecule has 100 valence electrons. The lowest BCUT2D eigenvalue weighted by Crippen LogP contribution is -2.10. The molecule has 0 spiro atoms. The monoisotopic (exact) mass is 276 g/mol.